The molecule has 2 rings (SSSR count). The quantitative estimate of drug-likeness (QED) is 0.784. The van der Waals surface area contributed by atoms with Gasteiger partial charge in [0.25, 0.3) is 0 Å². The van der Waals surface area contributed by atoms with Gasteiger partial charge in [-0.1, -0.05) is 12.1 Å². The summed E-state index contributed by atoms with van der Waals surface area (Å²) in [7, 11) is 0. The predicted octanol–water partition coefficient (Wildman–Crippen LogP) is 4.35. The minimum absolute atomic E-state index is 0.120. The van der Waals surface area contributed by atoms with E-state index in [1.165, 1.54) is 4.90 Å². The van der Waals surface area contributed by atoms with Crippen LogP contribution in [0.1, 0.15) is 32.3 Å². The van der Waals surface area contributed by atoms with Crippen molar-refractivity contribution in [2.45, 2.75) is 43.5 Å². The van der Waals surface area contributed by atoms with Gasteiger partial charge in [-0.15, -0.1) is 11.8 Å². The van der Waals surface area contributed by atoms with Crippen molar-refractivity contribution in [3.05, 3.63) is 46.5 Å². The second kappa shape index (κ2) is 6.78. The highest BCUT2D eigenvalue weighted by atomic mass is 79.9. The number of halogens is 1. The van der Waals surface area contributed by atoms with Gasteiger partial charge in [0.05, 0.1) is 5.75 Å². The van der Waals surface area contributed by atoms with Gasteiger partial charge in [-0.2, -0.15) is 0 Å². The Balaban J connectivity index is 1.89. The molecular weight excluding hydrogens is 334 g/mol. The Labute approximate surface area is 133 Å². The molecule has 3 nitrogen and oxygen atoms in total. The van der Waals surface area contributed by atoms with Crippen molar-refractivity contribution < 1.29 is 0 Å². The lowest BCUT2D eigenvalue weighted by Crippen LogP contribution is -2.35. The van der Waals surface area contributed by atoms with Crippen molar-refractivity contribution in [3.8, 4) is 0 Å². The van der Waals surface area contributed by atoms with Crippen molar-refractivity contribution >= 4 is 27.7 Å². The van der Waals surface area contributed by atoms with E-state index >= 15 is 0 Å². The number of rotatable bonds is 5. The van der Waals surface area contributed by atoms with Crippen molar-refractivity contribution in [2.24, 2.45) is 0 Å². The number of hydrogen-bond acceptors (Lipinski definition) is 3. The summed E-state index contributed by atoms with van der Waals surface area (Å²) in [4.78, 5) is 9.03. The molecule has 0 amide bonds. The van der Waals surface area contributed by atoms with E-state index in [9.17, 15) is 0 Å². The molecule has 1 aromatic heterocycles. The summed E-state index contributed by atoms with van der Waals surface area (Å²) in [5.41, 5.74) is 1.25. The summed E-state index contributed by atoms with van der Waals surface area (Å²) in [6.07, 6.45) is 1.91. The van der Waals surface area contributed by atoms with Gasteiger partial charge in [0.1, 0.15) is 5.82 Å². The SMILES string of the molecule is CC(C)(C)NCc1cnc(CSc2ccccc2Br)[nH]1. The maximum absolute atomic E-state index is 4.43. The van der Waals surface area contributed by atoms with E-state index in [1.807, 2.05) is 18.3 Å². The van der Waals surface area contributed by atoms with E-state index < -0.39 is 0 Å². The summed E-state index contributed by atoms with van der Waals surface area (Å²) >= 11 is 5.34. The molecule has 0 radical (unpaired) electrons. The number of nitrogens with one attached hydrogen (secondary N) is 2. The molecule has 20 heavy (non-hydrogen) atoms. The van der Waals surface area contributed by atoms with Crippen LogP contribution in [0.25, 0.3) is 0 Å². The molecule has 0 aliphatic rings. The smallest absolute Gasteiger partial charge is 0.116 e. The highest BCUT2D eigenvalue weighted by Crippen LogP contribution is 2.28. The standard InChI is InChI=1S/C15H20BrN3S/c1-15(2,3)18-9-11-8-17-14(19-11)10-20-13-7-5-4-6-12(13)16/h4-8,18H,9-10H2,1-3H3,(H,17,19). The molecule has 1 aromatic carbocycles. The fourth-order valence-electron chi connectivity index (χ4n) is 1.64. The van der Waals surface area contributed by atoms with Crippen molar-refractivity contribution in [3.63, 3.8) is 0 Å². The first-order valence-corrected chi connectivity index (χ1v) is 8.37. The molecule has 0 fully saturated rings. The Morgan fingerprint density at radius 3 is 2.75 bits per heavy atom. The van der Waals surface area contributed by atoms with E-state index in [4.69, 9.17) is 0 Å². The summed E-state index contributed by atoms with van der Waals surface area (Å²) in [5, 5.41) is 3.45. The largest absolute Gasteiger partial charge is 0.344 e. The molecule has 0 atom stereocenters. The van der Waals surface area contributed by atoms with E-state index in [0.717, 1.165) is 28.3 Å². The fourth-order valence-corrected chi connectivity index (χ4v) is 3.09. The van der Waals surface area contributed by atoms with Crippen LogP contribution >= 0.6 is 27.7 Å². The van der Waals surface area contributed by atoms with E-state index in [0.29, 0.717) is 0 Å². The maximum atomic E-state index is 4.43. The number of benzene rings is 1. The highest BCUT2D eigenvalue weighted by molar-refractivity contribution is 9.10. The van der Waals surface area contributed by atoms with Crippen LogP contribution in [0, 0.1) is 0 Å². The second-order valence-electron chi connectivity index (χ2n) is 5.68. The molecule has 2 N–H and O–H groups in total. The molecule has 2 aromatic rings. The van der Waals surface area contributed by atoms with Gasteiger partial charge in [0, 0.05) is 33.3 Å². The number of aromatic amines is 1. The zero-order valence-corrected chi connectivity index (χ0v) is 14.4. The summed E-state index contributed by atoms with van der Waals surface area (Å²) in [6, 6.07) is 8.24. The zero-order valence-electron chi connectivity index (χ0n) is 12.0. The first-order chi connectivity index (χ1) is 9.44. The van der Waals surface area contributed by atoms with E-state index in [-0.39, 0.29) is 5.54 Å². The number of imidazole rings is 1. The number of aromatic nitrogens is 2. The van der Waals surface area contributed by atoms with Crippen LogP contribution in [0.3, 0.4) is 0 Å². The predicted molar refractivity (Wildman–Crippen MR) is 88.9 cm³/mol. The Bertz CT molecular complexity index is 560. The number of nitrogens with zero attached hydrogens (tertiary/aromatic N) is 1. The Kier molecular flexibility index (Phi) is 5.29. The third-order valence-electron chi connectivity index (χ3n) is 2.69. The third kappa shape index (κ3) is 4.96. The molecule has 0 saturated carbocycles. The molecule has 0 aliphatic heterocycles. The second-order valence-corrected chi connectivity index (χ2v) is 7.55. The van der Waals surface area contributed by atoms with Crippen LogP contribution in [-0.4, -0.2) is 15.5 Å². The highest BCUT2D eigenvalue weighted by Gasteiger charge is 2.10. The number of thioether (sulfide) groups is 1. The van der Waals surface area contributed by atoms with Crippen LogP contribution in [0.5, 0.6) is 0 Å². The van der Waals surface area contributed by atoms with Gasteiger partial charge < -0.3 is 10.3 Å². The Morgan fingerprint density at radius 1 is 1.30 bits per heavy atom. The number of H-pyrrole nitrogens is 1. The molecule has 0 spiro atoms. The molecule has 108 valence electrons. The van der Waals surface area contributed by atoms with Gasteiger partial charge >= 0.3 is 0 Å². The van der Waals surface area contributed by atoms with Crippen LogP contribution in [0.4, 0.5) is 0 Å². The monoisotopic (exact) mass is 353 g/mol. The zero-order chi connectivity index (χ0) is 14.6. The molecular formula is C15H20BrN3S. The van der Waals surface area contributed by atoms with E-state index in [2.05, 4.69) is 64.1 Å². The minimum atomic E-state index is 0.120. The maximum Gasteiger partial charge on any atom is 0.116 e. The lowest BCUT2D eigenvalue weighted by molar-refractivity contribution is 0.421. The van der Waals surface area contributed by atoms with Crippen LogP contribution < -0.4 is 5.32 Å². The normalized spacial score (nSPS) is 11.8. The molecule has 0 saturated heterocycles. The average molecular weight is 354 g/mol. The summed E-state index contributed by atoms with van der Waals surface area (Å²) in [5.74, 6) is 1.86. The fraction of sp³-hybridized carbons (Fsp3) is 0.400. The minimum Gasteiger partial charge on any atom is -0.344 e. The van der Waals surface area contributed by atoms with Gasteiger partial charge in [0.15, 0.2) is 0 Å². The molecule has 1 heterocycles. The van der Waals surface area contributed by atoms with Crippen molar-refractivity contribution in [1.82, 2.24) is 15.3 Å². The summed E-state index contributed by atoms with van der Waals surface area (Å²) < 4.78 is 1.13. The lowest BCUT2D eigenvalue weighted by atomic mass is 10.1. The van der Waals surface area contributed by atoms with Gasteiger partial charge in [-0.3, -0.25) is 0 Å². The van der Waals surface area contributed by atoms with Crippen LogP contribution in [0.15, 0.2) is 39.8 Å². The number of hydrogen-bond donors (Lipinski definition) is 2. The topological polar surface area (TPSA) is 40.7 Å². The third-order valence-corrected chi connectivity index (χ3v) is 4.73. The van der Waals surface area contributed by atoms with Crippen LogP contribution in [-0.2, 0) is 12.3 Å². The van der Waals surface area contributed by atoms with Crippen LogP contribution in [0.2, 0.25) is 0 Å². The summed E-state index contributed by atoms with van der Waals surface area (Å²) in [6.45, 7) is 7.30. The van der Waals surface area contributed by atoms with Crippen molar-refractivity contribution in [1.29, 1.82) is 0 Å². The Morgan fingerprint density at radius 2 is 2.05 bits per heavy atom. The lowest BCUT2D eigenvalue weighted by Gasteiger charge is -2.19. The average Bonchev–Trinajstić information content (AvgIpc) is 2.83. The molecule has 5 heteroatoms. The first-order valence-electron chi connectivity index (χ1n) is 6.59. The Hall–Kier alpha value is -0.780. The van der Waals surface area contributed by atoms with Gasteiger partial charge in [-0.05, 0) is 48.8 Å². The van der Waals surface area contributed by atoms with Crippen molar-refractivity contribution in [2.75, 3.05) is 0 Å². The molecule has 0 aliphatic carbocycles. The molecule has 0 bridgehead atoms. The van der Waals surface area contributed by atoms with Gasteiger partial charge in [-0.25, -0.2) is 4.98 Å². The van der Waals surface area contributed by atoms with Gasteiger partial charge in [0.2, 0.25) is 0 Å². The molecule has 0 unspecified atom stereocenters. The first kappa shape index (κ1) is 15.6. The van der Waals surface area contributed by atoms with E-state index in [1.54, 1.807) is 11.8 Å².